The van der Waals surface area contributed by atoms with Crippen molar-refractivity contribution in [1.82, 2.24) is 15.1 Å². The van der Waals surface area contributed by atoms with Crippen LogP contribution in [0.15, 0.2) is 0 Å². The van der Waals surface area contributed by atoms with Gasteiger partial charge in [-0.1, -0.05) is 6.92 Å². The Morgan fingerprint density at radius 2 is 2.15 bits per heavy atom. The van der Waals surface area contributed by atoms with E-state index in [1.54, 1.807) is 4.90 Å². The van der Waals surface area contributed by atoms with Gasteiger partial charge in [0.15, 0.2) is 0 Å². The Morgan fingerprint density at radius 3 is 2.75 bits per heavy atom. The third kappa shape index (κ3) is 3.85. The van der Waals surface area contributed by atoms with Gasteiger partial charge in [0, 0.05) is 25.7 Å². The summed E-state index contributed by atoms with van der Waals surface area (Å²) < 4.78 is 0. The molecular formula is C14H26N4O2. The molecule has 3 N–H and O–H groups in total. The van der Waals surface area contributed by atoms with Crippen LogP contribution in [0.4, 0.5) is 4.79 Å². The number of nitrogens with two attached hydrogens (primary N) is 1. The highest BCUT2D eigenvalue weighted by Crippen LogP contribution is 2.19. The molecule has 2 heterocycles. The zero-order valence-electron chi connectivity index (χ0n) is 12.3. The third-order valence-electron chi connectivity index (χ3n) is 4.21. The maximum atomic E-state index is 12.7. The molecule has 0 saturated carbocycles. The van der Waals surface area contributed by atoms with E-state index in [0.29, 0.717) is 5.92 Å². The zero-order chi connectivity index (χ0) is 14.5. The third-order valence-corrected chi connectivity index (χ3v) is 4.21. The molecule has 2 rings (SSSR count). The van der Waals surface area contributed by atoms with Gasteiger partial charge in [-0.15, -0.1) is 0 Å². The van der Waals surface area contributed by atoms with Crippen molar-refractivity contribution in [2.24, 2.45) is 11.7 Å². The molecule has 0 spiro atoms. The molecule has 2 unspecified atom stereocenters. The molecule has 0 aromatic carbocycles. The van der Waals surface area contributed by atoms with Crippen LogP contribution in [0.2, 0.25) is 0 Å². The summed E-state index contributed by atoms with van der Waals surface area (Å²) in [4.78, 5) is 27.5. The van der Waals surface area contributed by atoms with Gasteiger partial charge in [-0.25, -0.2) is 4.79 Å². The summed E-state index contributed by atoms with van der Waals surface area (Å²) in [6, 6.07) is 0.0602. The van der Waals surface area contributed by atoms with E-state index in [4.69, 9.17) is 5.73 Å². The Labute approximate surface area is 120 Å². The van der Waals surface area contributed by atoms with Crippen LogP contribution in [-0.2, 0) is 4.79 Å². The fraction of sp³-hybridized carbons (Fsp3) is 0.857. The molecule has 2 fully saturated rings. The predicted octanol–water partition coefficient (Wildman–Crippen LogP) is 0.378. The number of primary amides is 1. The van der Waals surface area contributed by atoms with Crippen molar-refractivity contribution in [3.8, 4) is 0 Å². The van der Waals surface area contributed by atoms with Crippen molar-refractivity contribution >= 4 is 11.9 Å². The van der Waals surface area contributed by atoms with Gasteiger partial charge in [0.05, 0.1) is 0 Å². The maximum absolute atomic E-state index is 12.7. The Bertz CT molecular complexity index is 355. The number of amides is 3. The smallest absolute Gasteiger partial charge is 0.320 e. The molecule has 2 aliphatic rings. The summed E-state index contributed by atoms with van der Waals surface area (Å²) in [6.07, 6.45) is 4.18. The van der Waals surface area contributed by atoms with Crippen LogP contribution >= 0.6 is 0 Å². The van der Waals surface area contributed by atoms with Crippen molar-refractivity contribution in [3.05, 3.63) is 0 Å². The largest absolute Gasteiger partial charge is 0.368 e. The van der Waals surface area contributed by atoms with E-state index in [1.807, 2.05) is 4.90 Å². The number of carbonyl (C=O) groups is 2. The van der Waals surface area contributed by atoms with Crippen molar-refractivity contribution in [3.63, 3.8) is 0 Å². The topological polar surface area (TPSA) is 78.7 Å². The number of carbonyl (C=O) groups excluding carboxylic acids is 2. The normalized spacial score (nSPS) is 27.1. The van der Waals surface area contributed by atoms with Gasteiger partial charge < -0.3 is 20.9 Å². The van der Waals surface area contributed by atoms with E-state index in [0.717, 1.165) is 45.4 Å². The van der Waals surface area contributed by atoms with Gasteiger partial charge in [-0.3, -0.25) is 4.79 Å². The maximum Gasteiger partial charge on any atom is 0.320 e. The minimum atomic E-state index is -0.436. The average Bonchev–Trinajstić information content (AvgIpc) is 2.45. The highest BCUT2D eigenvalue weighted by atomic mass is 16.2. The minimum Gasteiger partial charge on any atom is -0.368 e. The number of nitrogens with one attached hydrogen (secondary N) is 1. The lowest BCUT2D eigenvalue weighted by molar-refractivity contribution is -0.119. The van der Waals surface area contributed by atoms with Crippen LogP contribution in [-0.4, -0.2) is 60.5 Å². The molecule has 2 aliphatic heterocycles. The first kappa shape index (κ1) is 15.1. The summed E-state index contributed by atoms with van der Waals surface area (Å²) in [5.41, 5.74) is 5.32. The highest BCUT2D eigenvalue weighted by Gasteiger charge is 2.31. The first-order valence-electron chi connectivity index (χ1n) is 7.62. The lowest BCUT2D eigenvalue weighted by atomic mass is 10.0. The van der Waals surface area contributed by atoms with E-state index >= 15 is 0 Å². The molecule has 0 aromatic rings. The minimum absolute atomic E-state index is 0.0239. The number of hydrogen-bond donors (Lipinski definition) is 2. The zero-order valence-corrected chi connectivity index (χ0v) is 12.3. The summed E-state index contributed by atoms with van der Waals surface area (Å²) in [6.45, 7) is 5.50. The van der Waals surface area contributed by atoms with Gasteiger partial charge >= 0.3 is 6.03 Å². The molecule has 3 amide bonds. The summed E-state index contributed by atoms with van der Waals surface area (Å²) in [5.74, 6) is 0.0987. The fourth-order valence-corrected chi connectivity index (χ4v) is 3.17. The van der Waals surface area contributed by atoms with E-state index in [-0.39, 0.29) is 18.6 Å². The summed E-state index contributed by atoms with van der Waals surface area (Å²) >= 11 is 0. The van der Waals surface area contributed by atoms with Crippen molar-refractivity contribution < 1.29 is 9.59 Å². The molecule has 20 heavy (non-hydrogen) atoms. The Balaban J connectivity index is 2.04. The number of piperidine rings is 2. The van der Waals surface area contributed by atoms with Crippen molar-refractivity contribution in [2.75, 3.05) is 32.7 Å². The first-order valence-corrected chi connectivity index (χ1v) is 7.62. The standard InChI is InChI=1S/C14H26N4O2/c1-11-4-3-7-17(9-11)14(20)18(10-13(15)19)12-5-2-6-16-8-12/h11-12,16H,2-10H2,1H3,(H2,15,19). The molecule has 0 radical (unpaired) electrons. The van der Waals surface area contributed by atoms with Crippen LogP contribution in [0.1, 0.15) is 32.6 Å². The lowest BCUT2D eigenvalue weighted by Crippen LogP contribution is -2.56. The van der Waals surface area contributed by atoms with Crippen LogP contribution < -0.4 is 11.1 Å². The van der Waals surface area contributed by atoms with Gasteiger partial charge in [0.25, 0.3) is 0 Å². The van der Waals surface area contributed by atoms with Crippen LogP contribution in [0.5, 0.6) is 0 Å². The fourth-order valence-electron chi connectivity index (χ4n) is 3.17. The Morgan fingerprint density at radius 1 is 1.35 bits per heavy atom. The van der Waals surface area contributed by atoms with Gasteiger partial charge in [0.2, 0.25) is 5.91 Å². The molecule has 114 valence electrons. The molecular weight excluding hydrogens is 256 g/mol. The van der Waals surface area contributed by atoms with Crippen molar-refractivity contribution in [2.45, 2.75) is 38.6 Å². The number of urea groups is 1. The second-order valence-corrected chi connectivity index (χ2v) is 6.07. The van der Waals surface area contributed by atoms with Gasteiger partial charge in [0.1, 0.15) is 6.54 Å². The van der Waals surface area contributed by atoms with E-state index in [2.05, 4.69) is 12.2 Å². The van der Waals surface area contributed by atoms with Crippen LogP contribution in [0, 0.1) is 5.92 Å². The number of likely N-dealkylation sites (tertiary alicyclic amines) is 1. The molecule has 2 atom stereocenters. The Hall–Kier alpha value is -1.30. The second kappa shape index (κ2) is 6.92. The second-order valence-electron chi connectivity index (χ2n) is 6.07. The first-order chi connectivity index (χ1) is 9.58. The molecule has 6 heteroatoms. The van der Waals surface area contributed by atoms with E-state index in [9.17, 15) is 9.59 Å². The summed E-state index contributed by atoms with van der Waals surface area (Å²) in [5, 5.41) is 3.29. The SMILES string of the molecule is CC1CCCN(C(=O)N(CC(N)=O)C2CCCNC2)C1. The molecule has 6 nitrogen and oxygen atoms in total. The number of hydrogen-bond acceptors (Lipinski definition) is 3. The molecule has 0 aliphatic carbocycles. The predicted molar refractivity (Wildman–Crippen MR) is 77.2 cm³/mol. The average molecular weight is 282 g/mol. The van der Waals surface area contributed by atoms with Crippen molar-refractivity contribution in [1.29, 1.82) is 0 Å². The number of rotatable bonds is 3. The van der Waals surface area contributed by atoms with E-state index in [1.165, 1.54) is 6.42 Å². The molecule has 0 aromatic heterocycles. The van der Waals surface area contributed by atoms with Gasteiger partial charge in [-0.05, 0) is 38.1 Å². The number of nitrogens with zero attached hydrogens (tertiary/aromatic N) is 2. The van der Waals surface area contributed by atoms with E-state index < -0.39 is 5.91 Å². The lowest BCUT2D eigenvalue weighted by Gasteiger charge is -2.39. The monoisotopic (exact) mass is 282 g/mol. The van der Waals surface area contributed by atoms with Crippen LogP contribution in [0.25, 0.3) is 0 Å². The quantitative estimate of drug-likeness (QED) is 0.785. The molecule has 2 saturated heterocycles. The molecule has 0 bridgehead atoms. The summed E-state index contributed by atoms with van der Waals surface area (Å²) in [7, 11) is 0. The van der Waals surface area contributed by atoms with Gasteiger partial charge in [-0.2, -0.15) is 0 Å². The van der Waals surface area contributed by atoms with Crippen LogP contribution in [0.3, 0.4) is 0 Å². The Kier molecular flexibility index (Phi) is 5.23. The highest BCUT2D eigenvalue weighted by molar-refractivity contribution is 5.83.